The molecule has 0 aliphatic heterocycles. The summed E-state index contributed by atoms with van der Waals surface area (Å²) in [6, 6.07) is 15.6. The summed E-state index contributed by atoms with van der Waals surface area (Å²) in [5.41, 5.74) is 6.54. The van der Waals surface area contributed by atoms with Gasteiger partial charge in [-0.15, -0.1) is 0 Å². The van der Waals surface area contributed by atoms with E-state index >= 15 is 0 Å². The minimum Gasteiger partial charge on any atom is -0.497 e. The number of carboxylic acids is 1. The summed E-state index contributed by atoms with van der Waals surface area (Å²) < 4.78 is 7.26. The molecule has 5 rings (SSSR count). The van der Waals surface area contributed by atoms with Crippen molar-refractivity contribution in [3.63, 3.8) is 0 Å². The summed E-state index contributed by atoms with van der Waals surface area (Å²) in [5, 5.41) is 15.4. The lowest BCUT2D eigenvalue weighted by Gasteiger charge is -2.21. The number of benzene rings is 2. The van der Waals surface area contributed by atoms with E-state index in [4.69, 9.17) is 9.84 Å². The van der Waals surface area contributed by atoms with Crippen LogP contribution in [-0.2, 0) is 13.5 Å². The molecule has 0 saturated heterocycles. The van der Waals surface area contributed by atoms with E-state index in [9.17, 15) is 9.90 Å². The van der Waals surface area contributed by atoms with Crippen molar-refractivity contribution in [2.45, 2.75) is 6.42 Å². The molecule has 2 aromatic carbocycles. The van der Waals surface area contributed by atoms with Crippen LogP contribution >= 0.6 is 0 Å². The molecular weight excluding hydrogens is 404 g/mol. The molecule has 32 heavy (non-hydrogen) atoms. The Morgan fingerprint density at radius 3 is 2.78 bits per heavy atom. The van der Waals surface area contributed by atoms with Crippen LogP contribution in [0.2, 0.25) is 0 Å². The summed E-state index contributed by atoms with van der Waals surface area (Å²) >= 11 is 0. The zero-order valence-corrected chi connectivity index (χ0v) is 18.0. The number of rotatable bonds is 5. The summed E-state index contributed by atoms with van der Waals surface area (Å²) in [6.07, 6.45) is 3.98. The number of hydrogen-bond acceptors (Lipinski definition) is 5. The molecule has 160 valence electrons. The Morgan fingerprint density at radius 1 is 1.19 bits per heavy atom. The fourth-order valence-electron chi connectivity index (χ4n) is 4.36. The number of methoxy groups -OCH3 is 1. The summed E-state index contributed by atoms with van der Waals surface area (Å²) in [6.45, 7) is 0. The third kappa shape index (κ3) is 3.10. The molecule has 0 bridgehead atoms. The number of aryl methyl sites for hydroxylation is 1. The Kier molecular flexibility index (Phi) is 4.66. The van der Waals surface area contributed by atoms with Gasteiger partial charge in [-0.3, -0.25) is 9.67 Å². The van der Waals surface area contributed by atoms with Gasteiger partial charge >= 0.3 is 5.97 Å². The fraction of sp³-hybridized carbons (Fsp3) is 0.160. The number of carbonyl (C=O) groups is 1. The lowest BCUT2D eigenvalue weighted by Crippen LogP contribution is -2.11. The first-order valence-corrected chi connectivity index (χ1v) is 10.2. The molecule has 7 nitrogen and oxygen atoms in total. The average Bonchev–Trinajstić information content (AvgIpc) is 3.39. The van der Waals surface area contributed by atoms with Gasteiger partial charge in [0.25, 0.3) is 0 Å². The molecule has 1 N–H and O–H groups in total. The van der Waals surface area contributed by atoms with E-state index in [1.807, 2.05) is 55.2 Å². The quantitative estimate of drug-likeness (QED) is 0.505. The summed E-state index contributed by atoms with van der Waals surface area (Å²) in [7, 11) is 5.60. The minimum absolute atomic E-state index is 0.292. The number of ether oxygens (including phenoxy) is 1. The van der Waals surface area contributed by atoms with Crippen molar-refractivity contribution in [1.82, 2.24) is 14.8 Å². The molecule has 0 spiro atoms. The predicted molar refractivity (Wildman–Crippen MR) is 125 cm³/mol. The maximum atomic E-state index is 11.6. The van der Waals surface area contributed by atoms with Crippen LogP contribution in [0, 0.1) is 0 Å². The topological polar surface area (TPSA) is 80.5 Å². The lowest BCUT2D eigenvalue weighted by atomic mass is 10.0. The zero-order chi connectivity index (χ0) is 22.4. The standard InChI is InChI=1S/C25H22N4O3/c1-28(16-6-4-7-17(14-16)32-3)22-9-5-8-19-23(27-29(2)24(19)22)15-12-20-18(25(30)31)10-11-26-21(20)13-15/h4-11,13-14H,12H2,1-3H3,(H,30,31). The molecule has 1 aliphatic rings. The van der Waals surface area contributed by atoms with Gasteiger partial charge in [-0.2, -0.15) is 5.10 Å². The number of aromatic carboxylic acids is 1. The van der Waals surface area contributed by atoms with Crippen molar-refractivity contribution in [3.05, 3.63) is 77.2 Å². The molecule has 1 aliphatic carbocycles. The summed E-state index contributed by atoms with van der Waals surface area (Å²) in [5.74, 6) is -0.144. The first-order valence-electron chi connectivity index (χ1n) is 10.2. The monoisotopic (exact) mass is 426 g/mol. The zero-order valence-electron chi connectivity index (χ0n) is 18.0. The molecular formula is C25H22N4O3. The van der Waals surface area contributed by atoms with E-state index in [0.29, 0.717) is 17.7 Å². The molecule has 0 radical (unpaired) electrons. The highest BCUT2D eigenvalue weighted by Gasteiger charge is 2.25. The number of allylic oxidation sites excluding steroid dienone is 1. The SMILES string of the molecule is COc1cccc(N(C)c2cccc3c(C4=Cc5nccc(C(=O)O)c5C4)nn(C)c23)c1. The van der Waals surface area contributed by atoms with Gasteiger partial charge in [0.1, 0.15) is 5.75 Å². The number of hydrogen-bond donors (Lipinski definition) is 1. The van der Waals surface area contributed by atoms with Crippen molar-refractivity contribution < 1.29 is 14.6 Å². The van der Waals surface area contributed by atoms with E-state index < -0.39 is 5.97 Å². The number of pyridine rings is 1. The Morgan fingerprint density at radius 2 is 2.00 bits per heavy atom. The number of carboxylic acid groups (broad SMARTS) is 1. The van der Waals surface area contributed by atoms with Gasteiger partial charge in [-0.25, -0.2) is 4.79 Å². The van der Waals surface area contributed by atoms with Crippen LogP contribution in [0.15, 0.2) is 54.7 Å². The minimum atomic E-state index is -0.939. The average molecular weight is 426 g/mol. The number of aromatic nitrogens is 3. The van der Waals surface area contributed by atoms with Gasteiger partial charge in [0, 0.05) is 43.9 Å². The second-order valence-electron chi connectivity index (χ2n) is 7.78. The first kappa shape index (κ1) is 19.8. The van der Waals surface area contributed by atoms with Crippen LogP contribution in [0.4, 0.5) is 11.4 Å². The molecule has 4 aromatic rings. The number of fused-ring (bicyclic) bond motifs is 2. The Balaban J connectivity index is 1.59. The number of anilines is 2. The van der Waals surface area contributed by atoms with Crippen molar-refractivity contribution in [3.8, 4) is 5.75 Å². The van der Waals surface area contributed by atoms with Crippen molar-refractivity contribution in [2.24, 2.45) is 7.05 Å². The van der Waals surface area contributed by atoms with Gasteiger partial charge in [0.15, 0.2) is 0 Å². The highest BCUT2D eigenvalue weighted by atomic mass is 16.5. The summed E-state index contributed by atoms with van der Waals surface area (Å²) in [4.78, 5) is 18.1. The Bertz CT molecular complexity index is 1400. The molecule has 0 fully saturated rings. The maximum Gasteiger partial charge on any atom is 0.336 e. The van der Waals surface area contributed by atoms with Crippen LogP contribution in [-0.4, -0.2) is 40.0 Å². The first-order chi connectivity index (χ1) is 15.5. The molecule has 0 unspecified atom stereocenters. The maximum absolute atomic E-state index is 11.6. The number of para-hydroxylation sites is 1. The van der Waals surface area contributed by atoms with E-state index in [2.05, 4.69) is 22.0 Å². The third-order valence-corrected chi connectivity index (χ3v) is 5.95. The predicted octanol–water partition coefficient (Wildman–Crippen LogP) is 4.54. The van der Waals surface area contributed by atoms with E-state index in [1.54, 1.807) is 19.4 Å². The van der Waals surface area contributed by atoms with Gasteiger partial charge < -0.3 is 14.7 Å². The Hall–Kier alpha value is -4.13. The van der Waals surface area contributed by atoms with Crippen LogP contribution in [0.3, 0.4) is 0 Å². The van der Waals surface area contributed by atoms with Crippen LogP contribution in [0.25, 0.3) is 22.6 Å². The normalized spacial score (nSPS) is 12.5. The highest BCUT2D eigenvalue weighted by molar-refractivity contribution is 6.04. The second kappa shape index (κ2) is 7.53. The van der Waals surface area contributed by atoms with E-state index in [0.717, 1.165) is 44.9 Å². The van der Waals surface area contributed by atoms with Gasteiger partial charge in [0.05, 0.1) is 35.3 Å². The third-order valence-electron chi connectivity index (χ3n) is 5.95. The molecule has 0 saturated carbocycles. The van der Waals surface area contributed by atoms with Crippen molar-refractivity contribution in [1.29, 1.82) is 0 Å². The number of nitrogens with zero attached hydrogens (tertiary/aromatic N) is 4. The van der Waals surface area contributed by atoms with Crippen LogP contribution < -0.4 is 9.64 Å². The van der Waals surface area contributed by atoms with E-state index in [-0.39, 0.29) is 0 Å². The fourth-order valence-corrected chi connectivity index (χ4v) is 4.36. The largest absolute Gasteiger partial charge is 0.497 e. The Labute approximate surface area is 185 Å². The van der Waals surface area contributed by atoms with Gasteiger partial charge in [-0.05, 0) is 41.5 Å². The van der Waals surface area contributed by atoms with Gasteiger partial charge in [0.2, 0.25) is 0 Å². The highest BCUT2D eigenvalue weighted by Crippen LogP contribution is 2.38. The molecule has 2 heterocycles. The molecule has 2 aromatic heterocycles. The van der Waals surface area contributed by atoms with E-state index in [1.165, 1.54) is 0 Å². The van der Waals surface area contributed by atoms with Crippen LogP contribution in [0.1, 0.15) is 27.3 Å². The van der Waals surface area contributed by atoms with Crippen LogP contribution in [0.5, 0.6) is 5.75 Å². The smallest absolute Gasteiger partial charge is 0.336 e. The molecule has 0 amide bonds. The van der Waals surface area contributed by atoms with Crippen molar-refractivity contribution in [2.75, 3.05) is 19.1 Å². The van der Waals surface area contributed by atoms with Gasteiger partial charge in [-0.1, -0.05) is 18.2 Å². The molecule has 7 heteroatoms. The lowest BCUT2D eigenvalue weighted by molar-refractivity contribution is 0.0695. The molecule has 0 atom stereocenters. The van der Waals surface area contributed by atoms with Crippen molar-refractivity contribution >= 4 is 39.9 Å². The second-order valence-corrected chi connectivity index (χ2v) is 7.78.